The van der Waals surface area contributed by atoms with Crippen molar-refractivity contribution < 1.29 is 19.8 Å². The third-order valence-corrected chi connectivity index (χ3v) is 4.21. The molecule has 0 aromatic carbocycles. The Morgan fingerprint density at radius 2 is 2.26 bits per heavy atom. The Balaban J connectivity index is 1.85. The smallest absolute Gasteiger partial charge is 0.254 e. The Morgan fingerprint density at radius 1 is 1.48 bits per heavy atom. The molecule has 0 spiro atoms. The highest BCUT2D eigenvalue weighted by molar-refractivity contribution is 9.10. The molecule has 3 rings (SSSR count). The van der Waals surface area contributed by atoms with Crippen molar-refractivity contribution in [3.05, 3.63) is 32.6 Å². The topological polar surface area (TPSA) is 138 Å². The standard InChI is InChI=1S/C11H10BrClN6O4/c12-4-2-19(10-6(4)9(13)15-3-16-10)23-11-8(21)7(20)5(22-11)1-17-18-14/h2-3,5,7-8,11,20-21H,1H2/t5-,7-,8-,11+/m1/s1. The average Bonchev–Trinajstić information content (AvgIpc) is 2.98. The zero-order chi connectivity index (χ0) is 16.6. The van der Waals surface area contributed by atoms with E-state index in [1.807, 2.05) is 0 Å². The lowest BCUT2D eigenvalue weighted by Crippen LogP contribution is -2.38. The SMILES string of the molecule is [N-]=[N+]=NC[C@H]1O[C@@H](On2cc(Br)c3c(Cl)ncnc32)[C@H](O)[C@@H]1O. The Morgan fingerprint density at radius 3 is 3.00 bits per heavy atom. The summed E-state index contributed by atoms with van der Waals surface area (Å²) in [6.45, 7) is -0.126. The summed E-state index contributed by atoms with van der Waals surface area (Å²) in [7, 11) is 0. The maximum Gasteiger partial charge on any atom is 0.254 e. The van der Waals surface area contributed by atoms with Crippen LogP contribution in [-0.4, -0.2) is 56.1 Å². The van der Waals surface area contributed by atoms with E-state index in [-0.39, 0.29) is 11.7 Å². The summed E-state index contributed by atoms with van der Waals surface area (Å²) < 4.78 is 7.23. The number of rotatable bonds is 4. The van der Waals surface area contributed by atoms with Gasteiger partial charge in [-0.25, -0.2) is 9.97 Å². The first-order chi connectivity index (χ1) is 11.0. The van der Waals surface area contributed by atoms with Gasteiger partial charge in [0.2, 0.25) is 0 Å². The molecule has 0 amide bonds. The molecule has 0 radical (unpaired) electrons. The zero-order valence-corrected chi connectivity index (χ0v) is 13.7. The van der Waals surface area contributed by atoms with Gasteiger partial charge in [0.05, 0.1) is 28.7 Å². The highest BCUT2D eigenvalue weighted by Gasteiger charge is 2.44. The van der Waals surface area contributed by atoms with Crippen LogP contribution in [0.15, 0.2) is 22.1 Å². The van der Waals surface area contributed by atoms with Gasteiger partial charge in [-0.1, -0.05) is 16.7 Å². The first-order valence-electron chi connectivity index (χ1n) is 6.39. The van der Waals surface area contributed by atoms with Crippen molar-refractivity contribution in [2.45, 2.75) is 24.6 Å². The molecular formula is C11H10BrClN6O4. The molecule has 12 heteroatoms. The third-order valence-electron chi connectivity index (χ3n) is 3.32. The molecule has 2 aromatic rings. The van der Waals surface area contributed by atoms with Gasteiger partial charge in [-0.3, -0.25) is 0 Å². The number of hydrogen-bond acceptors (Lipinski definition) is 7. The molecule has 0 aliphatic carbocycles. The van der Waals surface area contributed by atoms with Crippen molar-refractivity contribution in [3.63, 3.8) is 0 Å². The number of halogens is 2. The monoisotopic (exact) mass is 404 g/mol. The predicted molar refractivity (Wildman–Crippen MR) is 81.5 cm³/mol. The second-order valence-corrected chi connectivity index (χ2v) is 5.92. The van der Waals surface area contributed by atoms with Crippen LogP contribution in [0.25, 0.3) is 21.5 Å². The number of aliphatic hydroxyl groups excluding tert-OH is 2. The Hall–Kier alpha value is -1.62. The molecule has 10 nitrogen and oxygen atoms in total. The van der Waals surface area contributed by atoms with E-state index < -0.39 is 24.6 Å². The van der Waals surface area contributed by atoms with Crippen LogP contribution in [0.4, 0.5) is 0 Å². The van der Waals surface area contributed by atoms with E-state index in [9.17, 15) is 10.2 Å². The van der Waals surface area contributed by atoms with E-state index in [1.165, 1.54) is 17.3 Å². The molecule has 1 aliphatic heterocycles. The zero-order valence-electron chi connectivity index (χ0n) is 11.3. The fraction of sp³-hybridized carbons (Fsp3) is 0.455. The van der Waals surface area contributed by atoms with Gasteiger partial charge in [0, 0.05) is 4.91 Å². The van der Waals surface area contributed by atoms with Crippen molar-refractivity contribution in [3.8, 4) is 0 Å². The molecule has 0 saturated carbocycles. The van der Waals surface area contributed by atoms with Crippen LogP contribution in [0.3, 0.4) is 0 Å². The Bertz CT molecular complexity index is 781. The lowest BCUT2D eigenvalue weighted by atomic mass is 10.1. The molecule has 0 bridgehead atoms. The third kappa shape index (κ3) is 2.94. The molecule has 1 saturated heterocycles. The summed E-state index contributed by atoms with van der Waals surface area (Å²) in [4.78, 5) is 16.1. The van der Waals surface area contributed by atoms with Gasteiger partial charge < -0.3 is 19.8 Å². The number of hydrogen-bond donors (Lipinski definition) is 2. The summed E-state index contributed by atoms with van der Waals surface area (Å²) in [6, 6.07) is 0. The number of aromatic nitrogens is 3. The van der Waals surface area contributed by atoms with E-state index in [2.05, 4.69) is 35.9 Å². The maximum atomic E-state index is 10.0. The van der Waals surface area contributed by atoms with Crippen LogP contribution in [0.1, 0.15) is 0 Å². The minimum absolute atomic E-state index is 0.126. The van der Waals surface area contributed by atoms with E-state index in [4.69, 9.17) is 26.7 Å². The normalized spacial score (nSPS) is 27.1. The van der Waals surface area contributed by atoms with Gasteiger partial charge in [0.1, 0.15) is 23.7 Å². The van der Waals surface area contributed by atoms with Crippen LogP contribution in [0.2, 0.25) is 5.15 Å². The summed E-state index contributed by atoms with van der Waals surface area (Å²) in [5.74, 6) is 0. The molecule has 2 N–H and O–H groups in total. The number of fused-ring (bicyclic) bond motifs is 1. The molecule has 1 aliphatic rings. The second kappa shape index (κ2) is 6.48. The van der Waals surface area contributed by atoms with Gasteiger partial charge in [-0.05, 0) is 21.5 Å². The average molecular weight is 406 g/mol. The quantitative estimate of drug-likeness (QED) is 0.337. The van der Waals surface area contributed by atoms with Crippen LogP contribution in [0.5, 0.6) is 0 Å². The van der Waals surface area contributed by atoms with E-state index >= 15 is 0 Å². The first kappa shape index (κ1) is 16.2. The molecule has 2 aromatic heterocycles. The molecule has 122 valence electrons. The first-order valence-corrected chi connectivity index (χ1v) is 7.56. The summed E-state index contributed by atoms with van der Waals surface area (Å²) in [5, 5.41) is 24.0. The van der Waals surface area contributed by atoms with Crippen molar-refractivity contribution in [2.24, 2.45) is 5.11 Å². The van der Waals surface area contributed by atoms with Crippen LogP contribution in [-0.2, 0) is 4.74 Å². The van der Waals surface area contributed by atoms with Gasteiger partial charge in [-0.2, -0.15) is 4.73 Å². The summed E-state index contributed by atoms with van der Waals surface area (Å²) in [6.07, 6.45) is -1.79. The predicted octanol–water partition coefficient (Wildman–Crippen LogP) is 1.03. The number of azide groups is 1. The minimum atomic E-state index is -1.32. The van der Waals surface area contributed by atoms with Crippen molar-refractivity contribution in [2.75, 3.05) is 6.54 Å². The minimum Gasteiger partial charge on any atom is -0.387 e. The second-order valence-electron chi connectivity index (χ2n) is 4.71. The Kier molecular flexibility index (Phi) is 4.57. The van der Waals surface area contributed by atoms with Crippen LogP contribution >= 0.6 is 27.5 Å². The fourth-order valence-corrected chi connectivity index (χ4v) is 3.11. The van der Waals surface area contributed by atoms with Gasteiger partial charge in [0.15, 0.2) is 5.65 Å². The molecule has 23 heavy (non-hydrogen) atoms. The highest BCUT2D eigenvalue weighted by Crippen LogP contribution is 2.30. The molecular weight excluding hydrogens is 396 g/mol. The van der Waals surface area contributed by atoms with E-state index in [0.29, 0.717) is 15.5 Å². The van der Waals surface area contributed by atoms with Gasteiger partial charge in [-0.15, -0.1) is 0 Å². The fourth-order valence-electron chi connectivity index (χ4n) is 2.22. The number of ether oxygens (including phenoxy) is 1. The number of aliphatic hydroxyl groups is 2. The van der Waals surface area contributed by atoms with Crippen molar-refractivity contribution >= 4 is 38.6 Å². The van der Waals surface area contributed by atoms with Gasteiger partial charge in [0.25, 0.3) is 6.29 Å². The van der Waals surface area contributed by atoms with Crippen LogP contribution in [0, 0.1) is 0 Å². The van der Waals surface area contributed by atoms with Crippen molar-refractivity contribution in [1.29, 1.82) is 0 Å². The molecule has 4 atom stereocenters. The Labute approximate surface area is 142 Å². The summed E-state index contributed by atoms with van der Waals surface area (Å²) in [5.41, 5.74) is 8.68. The molecule has 0 unspecified atom stereocenters. The maximum absolute atomic E-state index is 10.0. The molecule has 1 fully saturated rings. The van der Waals surface area contributed by atoms with E-state index in [1.54, 1.807) is 0 Å². The van der Waals surface area contributed by atoms with E-state index in [0.717, 1.165) is 0 Å². The molecule has 3 heterocycles. The van der Waals surface area contributed by atoms with Crippen LogP contribution < -0.4 is 4.84 Å². The number of nitrogens with zero attached hydrogens (tertiary/aromatic N) is 6. The summed E-state index contributed by atoms with van der Waals surface area (Å²) >= 11 is 9.33. The van der Waals surface area contributed by atoms with Gasteiger partial charge >= 0.3 is 0 Å². The van der Waals surface area contributed by atoms with Crippen molar-refractivity contribution in [1.82, 2.24) is 14.7 Å². The lowest BCUT2D eigenvalue weighted by Gasteiger charge is -2.17. The largest absolute Gasteiger partial charge is 0.387 e. The highest BCUT2D eigenvalue weighted by atomic mass is 79.9. The lowest BCUT2D eigenvalue weighted by molar-refractivity contribution is -0.163.